The van der Waals surface area contributed by atoms with Crippen LogP contribution in [-0.2, 0) is 12.1 Å². The second kappa shape index (κ2) is 7.64. The summed E-state index contributed by atoms with van der Waals surface area (Å²) in [4.78, 5) is 2.57. The van der Waals surface area contributed by atoms with Crippen LogP contribution in [0.1, 0.15) is 36.8 Å². The molecule has 0 saturated carbocycles. The highest BCUT2D eigenvalue weighted by atomic mass is 16.5. The van der Waals surface area contributed by atoms with E-state index in [9.17, 15) is 5.11 Å². The van der Waals surface area contributed by atoms with E-state index in [1.165, 1.54) is 5.56 Å². The summed E-state index contributed by atoms with van der Waals surface area (Å²) in [5, 5.41) is 11.6. The first-order valence-corrected chi connectivity index (χ1v) is 9.90. The summed E-state index contributed by atoms with van der Waals surface area (Å²) in [6, 6.07) is 15.1. The van der Waals surface area contributed by atoms with Gasteiger partial charge in [-0.15, -0.1) is 0 Å². The van der Waals surface area contributed by atoms with Gasteiger partial charge in [0.15, 0.2) is 11.5 Å². The fourth-order valence-corrected chi connectivity index (χ4v) is 4.95. The Balaban J connectivity index is 1.61. The van der Waals surface area contributed by atoms with Crippen molar-refractivity contribution in [1.29, 1.82) is 0 Å². The molecule has 0 radical (unpaired) electrons. The van der Waals surface area contributed by atoms with Gasteiger partial charge in [-0.2, -0.15) is 0 Å². The Morgan fingerprint density at radius 1 is 0.929 bits per heavy atom. The van der Waals surface area contributed by atoms with Crippen molar-refractivity contribution >= 4 is 0 Å². The zero-order chi connectivity index (χ0) is 19.7. The van der Waals surface area contributed by atoms with Crippen molar-refractivity contribution in [3.63, 3.8) is 0 Å². The quantitative estimate of drug-likeness (QED) is 0.824. The first-order chi connectivity index (χ1) is 13.6. The summed E-state index contributed by atoms with van der Waals surface area (Å²) in [5.41, 5.74) is 1.29. The predicted octanol–water partition coefficient (Wildman–Crippen LogP) is 3.73. The first kappa shape index (κ1) is 19.1. The summed E-state index contributed by atoms with van der Waals surface area (Å²) in [6.45, 7) is 0.946. The molecule has 150 valence electrons. The maximum Gasteiger partial charge on any atom is 0.203 e. The van der Waals surface area contributed by atoms with E-state index in [1.807, 2.05) is 12.1 Å². The number of methoxy groups -OCH3 is 3. The molecule has 2 heterocycles. The van der Waals surface area contributed by atoms with Gasteiger partial charge in [-0.3, -0.25) is 4.90 Å². The highest BCUT2D eigenvalue weighted by molar-refractivity contribution is 5.55. The van der Waals surface area contributed by atoms with E-state index < -0.39 is 5.60 Å². The van der Waals surface area contributed by atoms with Crippen molar-refractivity contribution in [2.24, 2.45) is 0 Å². The third-order valence-corrected chi connectivity index (χ3v) is 6.33. The minimum atomic E-state index is -0.883. The molecular weight excluding hydrogens is 354 g/mol. The lowest BCUT2D eigenvalue weighted by Crippen LogP contribution is -2.49. The third-order valence-electron chi connectivity index (χ3n) is 6.33. The Labute approximate surface area is 166 Å². The van der Waals surface area contributed by atoms with E-state index in [0.29, 0.717) is 29.3 Å². The van der Waals surface area contributed by atoms with Crippen LogP contribution in [0.3, 0.4) is 0 Å². The van der Waals surface area contributed by atoms with E-state index in [1.54, 1.807) is 21.3 Å². The van der Waals surface area contributed by atoms with Gasteiger partial charge in [-0.25, -0.2) is 0 Å². The van der Waals surface area contributed by atoms with Crippen molar-refractivity contribution in [3.8, 4) is 17.2 Å². The van der Waals surface area contributed by atoms with Gasteiger partial charge in [0.1, 0.15) is 0 Å². The van der Waals surface area contributed by atoms with Crippen molar-refractivity contribution in [3.05, 3.63) is 53.6 Å². The number of hydrogen-bond acceptors (Lipinski definition) is 5. The Kier molecular flexibility index (Phi) is 5.21. The molecule has 2 fully saturated rings. The molecule has 2 aromatic rings. The zero-order valence-electron chi connectivity index (χ0n) is 16.9. The SMILES string of the molecule is COc1cc(C2(O)CC3CCC(C2)N3Cc2ccccc2)cc(OC)c1OC. The second-order valence-corrected chi connectivity index (χ2v) is 7.90. The molecule has 0 aliphatic carbocycles. The minimum absolute atomic E-state index is 0.378. The second-order valence-electron chi connectivity index (χ2n) is 7.90. The van der Waals surface area contributed by atoms with Gasteiger partial charge in [0.2, 0.25) is 5.75 Å². The summed E-state index contributed by atoms with van der Waals surface area (Å²) in [6.07, 6.45) is 3.69. The highest BCUT2D eigenvalue weighted by Gasteiger charge is 2.48. The van der Waals surface area contributed by atoms with Crippen molar-refractivity contribution in [1.82, 2.24) is 4.90 Å². The summed E-state index contributed by atoms with van der Waals surface area (Å²) >= 11 is 0. The molecule has 2 saturated heterocycles. The van der Waals surface area contributed by atoms with Gasteiger partial charge < -0.3 is 19.3 Å². The van der Waals surface area contributed by atoms with Crippen LogP contribution in [-0.4, -0.2) is 43.4 Å². The van der Waals surface area contributed by atoms with Gasteiger partial charge in [0, 0.05) is 18.6 Å². The predicted molar refractivity (Wildman–Crippen MR) is 108 cm³/mol. The number of ether oxygens (including phenoxy) is 3. The molecule has 4 rings (SSSR count). The van der Waals surface area contributed by atoms with E-state index in [4.69, 9.17) is 14.2 Å². The Morgan fingerprint density at radius 3 is 2.00 bits per heavy atom. The van der Waals surface area contributed by atoms with Gasteiger partial charge in [0.05, 0.1) is 26.9 Å². The Hall–Kier alpha value is -2.24. The molecule has 0 amide bonds. The number of nitrogens with zero attached hydrogens (tertiary/aromatic N) is 1. The van der Waals surface area contributed by atoms with E-state index >= 15 is 0 Å². The van der Waals surface area contributed by atoms with Crippen LogP contribution < -0.4 is 14.2 Å². The van der Waals surface area contributed by atoms with Crippen molar-refractivity contribution in [2.75, 3.05) is 21.3 Å². The van der Waals surface area contributed by atoms with Crippen molar-refractivity contribution < 1.29 is 19.3 Å². The summed E-state index contributed by atoms with van der Waals surface area (Å²) < 4.78 is 16.4. The molecule has 2 bridgehead atoms. The van der Waals surface area contributed by atoms with Crippen molar-refractivity contribution in [2.45, 2.75) is 49.9 Å². The molecule has 1 N–H and O–H groups in total. The molecule has 0 spiro atoms. The lowest BCUT2D eigenvalue weighted by atomic mass is 9.80. The number of aliphatic hydroxyl groups is 1. The number of benzene rings is 2. The van der Waals surface area contributed by atoms with E-state index in [-0.39, 0.29) is 0 Å². The van der Waals surface area contributed by atoms with Crippen LogP contribution in [0.2, 0.25) is 0 Å². The molecule has 28 heavy (non-hydrogen) atoms. The lowest BCUT2D eigenvalue weighted by molar-refractivity contribution is -0.0597. The summed E-state index contributed by atoms with van der Waals surface area (Å²) in [7, 11) is 4.81. The van der Waals surface area contributed by atoms with Gasteiger partial charge in [-0.1, -0.05) is 30.3 Å². The fraction of sp³-hybridized carbons (Fsp3) is 0.478. The van der Waals surface area contributed by atoms with Crippen LogP contribution in [0, 0.1) is 0 Å². The monoisotopic (exact) mass is 383 g/mol. The van der Waals surface area contributed by atoms with Crippen LogP contribution in [0.5, 0.6) is 17.2 Å². The smallest absolute Gasteiger partial charge is 0.203 e. The normalized spacial score (nSPS) is 26.9. The Bertz CT molecular complexity index is 784. The van der Waals surface area contributed by atoms with Gasteiger partial charge in [-0.05, 0) is 48.9 Å². The maximum absolute atomic E-state index is 11.6. The summed E-state index contributed by atoms with van der Waals surface area (Å²) in [5.74, 6) is 1.73. The maximum atomic E-state index is 11.6. The molecule has 2 aliphatic rings. The molecule has 5 heteroatoms. The topological polar surface area (TPSA) is 51.2 Å². The standard InChI is InChI=1S/C23H29NO4/c1-26-20-11-17(12-21(27-2)22(20)28-3)23(25)13-18-9-10-19(14-23)24(18)15-16-7-5-4-6-8-16/h4-8,11-12,18-19,25H,9-10,13-15H2,1-3H3. The minimum Gasteiger partial charge on any atom is -0.493 e. The molecule has 2 aliphatic heterocycles. The fourth-order valence-electron chi connectivity index (χ4n) is 4.95. The molecule has 2 aromatic carbocycles. The molecular formula is C23H29NO4. The molecule has 0 aromatic heterocycles. The van der Waals surface area contributed by atoms with Crippen LogP contribution in [0.4, 0.5) is 0 Å². The zero-order valence-corrected chi connectivity index (χ0v) is 16.9. The number of piperidine rings is 1. The van der Waals surface area contributed by atoms with E-state index in [2.05, 4.69) is 35.2 Å². The highest BCUT2D eigenvalue weighted by Crippen LogP contribution is 2.49. The molecule has 2 atom stereocenters. The van der Waals surface area contributed by atoms with Gasteiger partial charge >= 0.3 is 0 Å². The van der Waals surface area contributed by atoms with E-state index in [0.717, 1.165) is 37.8 Å². The average molecular weight is 383 g/mol. The largest absolute Gasteiger partial charge is 0.493 e. The first-order valence-electron chi connectivity index (χ1n) is 9.90. The Morgan fingerprint density at radius 2 is 1.50 bits per heavy atom. The van der Waals surface area contributed by atoms with Gasteiger partial charge in [0.25, 0.3) is 0 Å². The molecule has 2 unspecified atom stereocenters. The molecule has 5 nitrogen and oxygen atoms in total. The average Bonchev–Trinajstić information content (AvgIpc) is 2.96. The number of hydrogen-bond donors (Lipinski definition) is 1. The van der Waals surface area contributed by atoms with Crippen LogP contribution in [0.15, 0.2) is 42.5 Å². The third kappa shape index (κ3) is 3.33. The number of fused-ring (bicyclic) bond motifs is 2. The van der Waals surface area contributed by atoms with Crippen LogP contribution in [0.25, 0.3) is 0 Å². The lowest BCUT2D eigenvalue weighted by Gasteiger charge is -2.44. The number of rotatable bonds is 6. The van der Waals surface area contributed by atoms with Crippen LogP contribution >= 0.6 is 0 Å².